The summed E-state index contributed by atoms with van der Waals surface area (Å²) in [6.07, 6.45) is 6.41. The van der Waals surface area contributed by atoms with Gasteiger partial charge in [-0.1, -0.05) is 25.5 Å². The number of carbonyl (C=O) groups is 1. The second kappa shape index (κ2) is 6.71. The summed E-state index contributed by atoms with van der Waals surface area (Å²) in [5.41, 5.74) is 7.33. The molecule has 1 aromatic rings. The van der Waals surface area contributed by atoms with Gasteiger partial charge in [-0.05, 0) is 67.6 Å². The highest BCUT2D eigenvalue weighted by Crippen LogP contribution is 2.44. The molecular formula is C21H29FN2O. The molecule has 136 valence electrons. The zero-order valence-electron chi connectivity index (χ0n) is 15.0. The Bertz CT molecular complexity index is 635. The van der Waals surface area contributed by atoms with Crippen LogP contribution in [-0.4, -0.2) is 23.4 Å². The largest absolute Gasteiger partial charge is 0.335 e. The highest BCUT2D eigenvalue weighted by molar-refractivity contribution is 5.80. The smallest absolute Gasteiger partial charge is 0.226 e. The Morgan fingerprint density at radius 1 is 1.20 bits per heavy atom. The van der Waals surface area contributed by atoms with Crippen LogP contribution in [0.3, 0.4) is 0 Å². The maximum atomic E-state index is 13.7. The number of nitrogens with two attached hydrogens (primary N) is 1. The fourth-order valence-corrected chi connectivity index (χ4v) is 5.54. The van der Waals surface area contributed by atoms with Crippen molar-refractivity contribution in [1.82, 2.24) is 4.90 Å². The van der Waals surface area contributed by atoms with Crippen molar-refractivity contribution in [3.63, 3.8) is 0 Å². The summed E-state index contributed by atoms with van der Waals surface area (Å²) < 4.78 is 13.7. The topological polar surface area (TPSA) is 46.3 Å². The van der Waals surface area contributed by atoms with Crippen molar-refractivity contribution in [3.05, 3.63) is 35.6 Å². The fourth-order valence-electron chi connectivity index (χ4n) is 5.54. The van der Waals surface area contributed by atoms with Gasteiger partial charge in [-0.2, -0.15) is 0 Å². The predicted octanol–water partition coefficient (Wildman–Crippen LogP) is 3.89. The molecule has 2 N–H and O–H groups in total. The summed E-state index contributed by atoms with van der Waals surface area (Å²) in [6, 6.07) is 7.08. The number of hydrogen-bond donors (Lipinski definition) is 1. The maximum absolute atomic E-state index is 13.7. The van der Waals surface area contributed by atoms with Crippen molar-refractivity contribution < 1.29 is 9.18 Å². The Morgan fingerprint density at radius 3 is 2.60 bits per heavy atom. The van der Waals surface area contributed by atoms with Gasteiger partial charge in [-0.3, -0.25) is 4.79 Å². The summed E-state index contributed by atoms with van der Waals surface area (Å²) in [5.74, 6) is 1.65. The second-order valence-corrected chi connectivity index (χ2v) is 8.60. The molecule has 2 saturated carbocycles. The standard InChI is InChI=1S/C21H29FN2O/c1-13-8-19(14-4-3-7-18(22)11-14)24(12-13)21(25)17-9-15-5-2-6-16(10-17)20(15)23/h3-4,7,11,13,15-17,19-20H,2,5-6,8-10,12,23H2,1H3. The number of benzene rings is 1. The molecule has 0 spiro atoms. The molecule has 0 aromatic heterocycles. The lowest BCUT2D eigenvalue weighted by Gasteiger charge is -2.44. The minimum atomic E-state index is -0.220. The van der Waals surface area contributed by atoms with Crippen molar-refractivity contribution in [2.24, 2.45) is 29.4 Å². The van der Waals surface area contributed by atoms with Crippen LogP contribution >= 0.6 is 0 Å². The van der Waals surface area contributed by atoms with E-state index >= 15 is 0 Å². The van der Waals surface area contributed by atoms with Gasteiger partial charge < -0.3 is 10.6 Å². The number of carbonyl (C=O) groups excluding carboxylic acids is 1. The number of fused-ring (bicyclic) bond motifs is 2. The Balaban J connectivity index is 1.54. The van der Waals surface area contributed by atoms with E-state index < -0.39 is 0 Å². The highest BCUT2D eigenvalue weighted by atomic mass is 19.1. The van der Waals surface area contributed by atoms with E-state index in [9.17, 15) is 9.18 Å². The molecule has 0 radical (unpaired) electrons. The van der Waals surface area contributed by atoms with E-state index in [4.69, 9.17) is 5.73 Å². The number of hydrogen-bond acceptors (Lipinski definition) is 2. The first-order valence-corrected chi connectivity index (χ1v) is 9.84. The third-order valence-electron chi connectivity index (χ3n) is 6.79. The van der Waals surface area contributed by atoms with E-state index in [1.165, 1.54) is 25.3 Å². The van der Waals surface area contributed by atoms with Crippen LogP contribution in [0.2, 0.25) is 0 Å². The molecule has 4 heteroatoms. The number of rotatable bonds is 2. The zero-order chi connectivity index (χ0) is 17.6. The van der Waals surface area contributed by atoms with Crippen molar-refractivity contribution in [2.45, 2.75) is 57.5 Å². The Hall–Kier alpha value is -1.42. The average molecular weight is 344 g/mol. The van der Waals surface area contributed by atoms with Crippen molar-refractivity contribution in [2.75, 3.05) is 6.54 Å². The van der Waals surface area contributed by atoms with Gasteiger partial charge in [-0.15, -0.1) is 0 Å². The molecular weight excluding hydrogens is 315 g/mol. The number of halogens is 1. The van der Waals surface area contributed by atoms with E-state index in [0.29, 0.717) is 17.8 Å². The molecule has 2 aliphatic carbocycles. The second-order valence-electron chi connectivity index (χ2n) is 8.60. The average Bonchev–Trinajstić information content (AvgIpc) is 2.96. The SMILES string of the molecule is CC1CC(c2cccc(F)c2)N(C(=O)C2CC3CCCC(C2)C3N)C1. The fraction of sp³-hybridized carbons (Fsp3) is 0.667. The molecule has 4 rings (SSSR count). The highest BCUT2D eigenvalue weighted by Gasteiger charge is 2.44. The van der Waals surface area contributed by atoms with Crippen LogP contribution in [0.25, 0.3) is 0 Å². The first-order chi connectivity index (χ1) is 12.0. The molecule has 3 fully saturated rings. The molecule has 1 heterocycles. The predicted molar refractivity (Wildman–Crippen MR) is 96.2 cm³/mol. The van der Waals surface area contributed by atoms with Crippen LogP contribution in [0.15, 0.2) is 24.3 Å². The molecule has 4 atom stereocenters. The van der Waals surface area contributed by atoms with Crippen LogP contribution in [0.5, 0.6) is 0 Å². The Morgan fingerprint density at radius 2 is 1.92 bits per heavy atom. The summed E-state index contributed by atoms with van der Waals surface area (Å²) >= 11 is 0. The van der Waals surface area contributed by atoms with Crippen LogP contribution < -0.4 is 5.73 Å². The number of nitrogens with zero attached hydrogens (tertiary/aromatic N) is 1. The summed E-state index contributed by atoms with van der Waals surface area (Å²) in [6.45, 7) is 2.98. The minimum absolute atomic E-state index is 0.0219. The molecule has 4 unspecified atom stereocenters. The lowest BCUT2D eigenvalue weighted by molar-refractivity contribution is -0.139. The molecule has 25 heavy (non-hydrogen) atoms. The molecule has 1 aliphatic heterocycles. The molecule has 1 aromatic carbocycles. The van der Waals surface area contributed by atoms with Crippen molar-refractivity contribution in [3.8, 4) is 0 Å². The van der Waals surface area contributed by atoms with Crippen LogP contribution in [0.4, 0.5) is 4.39 Å². The quantitative estimate of drug-likeness (QED) is 0.885. The van der Waals surface area contributed by atoms with Crippen LogP contribution in [0.1, 0.15) is 57.1 Å². The van der Waals surface area contributed by atoms with Gasteiger partial charge in [0.15, 0.2) is 0 Å². The summed E-state index contributed by atoms with van der Waals surface area (Å²) in [5, 5.41) is 0. The summed E-state index contributed by atoms with van der Waals surface area (Å²) in [4.78, 5) is 15.4. The number of amides is 1. The maximum Gasteiger partial charge on any atom is 0.226 e. The van der Waals surface area contributed by atoms with Gasteiger partial charge in [0.1, 0.15) is 5.82 Å². The van der Waals surface area contributed by atoms with Crippen LogP contribution in [-0.2, 0) is 4.79 Å². The minimum Gasteiger partial charge on any atom is -0.335 e. The molecule has 3 aliphatic rings. The zero-order valence-corrected chi connectivity index (χ0v) is 15.0. The summed E-state index contributed by atoms with van der Waals surface area (Å²) in [7, 11) is 0. The van der Waals surface area contributed by atoms with E-state index in [1.54, 1.807) is 12.1 Å². The van der Waals surface area contributed by atoms with Gasteiger partial charge in [0.05, 0.1) is 6.04 Å². The van der Waals surface area contributed by atoms with E-state index in [0.717, 1.165) is 31.4 Å². The van der Waals surface area contributed by atoms with E-state index in [1.807, 2.05) is 11.0 Å². The first-order valence-electron chi connectivity index (χ1n) is 9.84. The number of likely N-dealkylation sites (tertiary alicyclic amines) is 1. The third kappa shape index (κ3) is 3.21. The lowest BCUT2D eigenvalue weighted by Crippen LogP contribution is -2.49. The molecule has 2 bridgehead atoms. The van der Waals surface area contributed by atoms with E-state index in [2.05, 4.69) is 6.92 Å². The van der Waals surface area contributed by atoms with Crippen molar-refractivity contribution >= 4 is 5.91 Å². The lowest BCUT2D eigenvalue weighted by atomic mass is 9.65. The normalized spacial score (nSPS) is 38.0. The van der Waals surface area contributed by atoms with Gasteiger partial charge in [0.25, 0.3) is 0 Å². The van der Waals surface area contributed by atoms with Gasteiger partial charge in [0, 0.05) is 18.5 Å². The Labute approximate surface area is 149 Å². The molecule has 1 amide bonds. The molecule has 3 nitrogen and oxygen atoms in total. The van der Waals surface area contributed by atoms with E-state index in [-0.39, 0.29) is 29.7 Å². The Kier molecular flexibility index (Phi) is 4.57. The van der Waals surface area contributed by atoms with Crippen molar-refractivity contribution in [1.29, 1.82) is 0 Å². The molecule has 1 saturated heterocycles. The monoisotopic (exact) mass is 344 g/mol. The van der Waals surface area contributed by atoms with Crippen LogP contribution in [0, 0.1) is 29.5 Å². The van der Waals surface area contributed by atoms with Gasteiger partial charge >= 0.3 is 0 Å². The van der Waals surface area contributed by atoms with Gasteiger partial charge in [-0.25, -0.2) is 4.39 Å². The third-order valence-corrected chi connectivity index (χ3v) is 6.79. The van der Waals surface area contributed by atoms with Gasteiger partial charge in [0.2, 0.25) is 5.91 Å². The first kappa shape index (κ1) is 17.0.